The zero-order valence-corrected chi connectivity index (χ0v) is 14.8. The van der Waals surface area contributed by atoms with Crippen LogP contribution in [0.5, 0.6) is 5.75 Å². The van der Waals surface area contributed by atoms with E-state index in [1.807, 2.05) is 24.3 Å². The van der Waals surface area contributed by atoms with Gasteiger partial charge < -0.3 is 34.7 Å². The maximum absolute atomic E-state index is 10.3. The highest BCUT2D eigenvalue weighted by molar-refractivity contribution is 5.72. The van der Waals surface area contributed by atoms with Crippen molar-refractivity contribution < 1.29 is 34.7 Å². The topological polar surface area (TPSA) is 136 Å². The number of nitrogens with zero attached hydrogens (tertiary/aromatic N) is 1. The SMILES string of the molecule is OC[C@H]1OC(c2cc(Cc3nc4ccccc4o3)ccc2O)[C@H](O)[C@@H](O)[C@@H]1O. The molecule has 4 rings (SSSR count). The van der Waals surface area contributed by atoms with E-state index in [2.05, 4.69) is 4.98 Å². The predicted molar refractivity (Wildman–Crippen MR) is 97.6 cm³/mol. The number of para-hydroxylation sites is 2. The van der Waals surface area contributed by atoms with Crippen LogP contribution in [-0.4, -0.2) is 61.5 Å². The van der Waals surface area contributed by atoms with Gasteiger partial charge in [0.1, 0.15) is 41.8 Å². The molecule has 1 aliphatic rings. The molecule has 3 aromatic rings. The van der Waals surface area contributed by atoms with E-state index in [1.165, 1.54) is 6.07 Å². The van der Waals surface area contributed by atoms with E-state index in [0.717, 1.165) is 11.1 Å². The van der Waals surface area contributed by atoms with Crippen LogP contribution < -0.4 is 0 Å². The number of oxazole rings is 1. The summed E-state index contributed by atoms with van der Waals surface area (Å²) in [5, 5.41) is 49.9. The van der Waals surface area contributed by atoms with E-state index in [1.54, 1.807) is 12.1 Å². The molecular weight excluding hydrogens is 366 g/mol. The Labute approximate surface area is 160 Å². The van der Waals surface area contributed by atoms with Crippen LogP contribution in [0.3, 0.4) is 0 Å². The smallest absolute Gasteiger partial charge is 0.199 e. The molecule has 0 saturated carbocycles. The minimum Gasteiger partial charge on any atom is -0.508 e. The summed E-state index contributed by atoms with van der Waals surface area (Å²) in [5.41, 5.74) is 2.40. The van der Waals surface area contributed by atoms with Gasteiger partial charge in [-0.15, -0.1) is 0 Å². The highest BCUT2D eigenvalue weighted by Crippen LogP contribution is 2.37. The van der Waals surface area contributed by atoms with E-state index < -0.39 is 37.1 Å². The number of aromatic nitrogens is 1. The Morgan fingerprint density at radius 3 is 2.50 bits per heavy atom. The molecule has 2 aromatic carbocycles. The van der Waals surface area contributed by atoms with Gasteiger partial charge in [0.2, 0.25) is 0 Å². The Morgan fingerprint density at radius 2 is 1.75 bits per heavy atom. The summed E-state index contributed by atoms with van der Waals surface area (Å²) < 4.78 is 11.3. The molecular formula is C20H21NO7. The van der Waals surface area contributed by atoms with Gasteiger partial charge in [-0.1, -0.05) is 18.2 Å². The molecule has 5 atom stereocenters. The van der Waals surface area contributed by atoms with Crippen molar-refractivity contribution in [3.05, 3.63) is 59.5 Å². The van der Waals surface area contributed by atoms with Crippen LogP contribution in [0.2, 0.25) is 0 Å². The van der Waals surface area contributed by atoms with Crippen LogP contribution in [-0.2, 0) is 11.2 Å². The summed E-state index contributed by atoms with van der Waals surface area (Å²) >= 11 is 0. The highest BCUT2D eigenvalue weighted by atomic mass is 16.5. The fourth-order valence-corrected chi connectivity index (χ4v) is 3.47. The van der Waals surface area contributed by atoms with Crippen molar-refractivity contribution in [2.75, 3.05) is 6.61 Å². The van der Waals surface area contributed by atoms with E-state index in [0.29, 0.717) is 17.9 Å². The molecule has 1 fully saturated rings. The molecule has 1 aromatic heterocycles. The number of aliphatic hydroxyl groups excluding tert-OH is 4. The second-order valence-corrected chi connectivity index (χ2v) is 6.89. The third-order valence-corrected chi connectivity index (χ3v) is 4.98. The van der Waals surface area contributed by atoms with E-state index in [4.69, 9.17) is 9.15 Å². The van der Waals surface area contributed by atoms with Crippen molar-refractivity contribution in [3.8, 4) is 5.75 Å². The number of fused-ring (bicyclic) bond motifs is 1. The van der Waals surface area contributed by atoms with Gasteiger partial charge >= 0.3 is 0 Å². The summed E-state index contributed by atoms with van der Waals surface area (Å²) in [4.78, 5) is 4.42. The second-order valence-electron chi connectivity index (χ2n) is 6.89. The Bertz CT molecular complexity index is 937. The molecule has 0 amide bonds. The fraction of sp³-hybridized carbons (Fsp3) is 0.350. The fourth-order valence-electron chi connectivity index (χ4n) is 3.47. The van der Waals surface area contributed by atoms with Gasteiger partial charge in [0.05, 0.1) is 6.61 Å². The van der Waals surface area contributed by atoms with Crippen LogP contribution in [0.1, 0.15) is 23.1 Å². The van der Waals surface area contributed by atoms with Gasteiger partial charge in [-0.2, -0.15) is 0 Å². The predicted octanol–water partition coefficient (Wildman–Crippen LogP) is 0.639. The lowest BCUT2D eigenvalue weighted by Gasteiger charge is -2.40. The van der Waals surface area contributed by atoms with E-state index in [9.17, 15) is 25.5 Å². The molecule has 1 aliphatic heterocycles. The molecule has 0 aliphatic carbocycles. The molecule has 0 bridgehead atoms. The monoisotopic (exact) mass is 387 g/mol. The molecule has 148 valence electrons. The number of phenolic OH excluding ortho intramolecular Hbond substituents is 1. The number of ether oxygens (including phenoxy) is 1. The Balaban J connectivity index is 1.63. The van der Waals surface area contributed by atoms with E-state index >= 15 is 0 Å². The maximum Gasteiger partial charge on any atom is 0.199 e. The molecule has 8 heteroatoms. The number of benzene rings is 2. The normalized spacial score (nSPS) is 27.9. The molecule has 1 saturated heterocycles. The number of aliphatic hydroxyl groups is 4. The highest BCUT2D eigenvalue weighted by Gasteiger charge is 2.44. The van der Waals surface area contributed by atoms with Crippen LogP contribution >= 0.6 is 0 Å². The number of rotatable bonds is 4. The summed E-state index contributed by atoms with van der Waals surface area (Å²) in [6.07, 6.45) is -6.26. The van der Waals surface area contributed by atoms with Crippen molar-refractivity contribution in [2.24, 2.45) is 0 Å². The van der Waals surface area contributed by atoms with Crippen molar-refractivity contribution in [1.29, 1.82) is 0 Å². The first-order chi connectivity index (χ1) is 13.5. The largest absolute Gasteiger partial charge is 0.508 e. The lowest BCUT2D eigenvalue weighted by molar-refractivity contribution is -0.232. The first kappa shape index (κ1) is 18.9. The molecule has 8 nitrogen and oxygen atoms in total. The number of hydrogen-bond donors (Lipinski definition) is 5. The van der Waals surface area contributed by atoms with Crippen molar-refractivity contribution >= 4 is 11.1 Å². The van der Waals surface area contributed by atoms with Gasteiger partial charge in [0, 0.05) is 12.0 Å². The number of aromatic hydroxyl groups is 1. The van der Waals surface area contributed by atoms with Crippen LogP contribution in [0, 0.1) is 0 Å². The van der Waals surface area contributed by atoms with Gasteiger partial charge in [-0.3, -0.25) is 0 Å². The maximum atomic E-state index is 10.3. The zero-order chi connectivity index (χ0) is 19.8. The molecule has 0 radical (unpaired) electrons. The summed E-state index contributed by atoms with van der Waals surface area (Å²) in [7, 11) is 0. The molecule has 1 unspecified atom stereocenters. The second kappa shape index (κ2) is 7.50. The molecule has 2 heterocycles. The van der Waals surface area contributed by atoms with Gasteiger partial charge in [-0.25, -0.2) is 4.98 Å². The lowest BCUT2D eigenvalue weighted by atomic mass is 9.90. The zero-order valence-electron chi connectivity index (χ0n) is 14.8. The third-order valence-electron chi connectivity index (χ3n) is 4.98. The Hall–Kier alpha value is -2.49. The molecule has 28 heavy (non-hydrogen) atoms. The Kier molecular flexibility index (Phi) is 5.05. The Morgan fingerprint density at radius 1 is 0.964 bits per heavy atom. The minimum atomic E-state index is -1.52. The van der Waals surface area contributed by atoms with Crippen molar-refractivity contribution in [2.45, 2.75) is 36.9 Å². The average Bonchev–Trinajstić information content (AvgIpc) is 3.10. The van der Waals surface area contributed by atoms with Crippen LogP contribution in [0.4, 0.5) is 0 Å². The van der Waals surface area contributed by atoms with Crippen molar-refractivity contribution in [1.82, 2.24) is 4.98 Å². The standard InChI is InChI=1S/C20H21NO7/c22-9-15-17(24)18(25)19(26)20(28-15)11-7-10(5-6-13(11)23)8-16-21-12-3-1-2-4-14(12)27-16/h1-7,15,17-20,22-26H,8-9H2/t15-,17-,18+,19-,20?/m1/s1. The van der Waals surface area contributed by atoms with Crippen LogP contribution in [0.25, 0.3) is 11.1 Å². The lowest BCUT2D eigenvalue weighted by Crippen LogP contribution is -2.55. The minimum absolute atomic E-state index is 0.134. The number of hydrogen-bond acceptors (Lipinski definition) is 8. The van der Waals surface area contributed by atoms with E-state index in [-0.39, 0.29) is 11.3 Å². The van der Waals surface area contributed by atoms with Crippen molar-refractivity contribution in [3.63, 3.8) is 0 Å². The summed E-state index contributed by atoms with van der Waals surface area (Å²) in [5.74, 6) is 0.359. The van der Waals surface area contributed by atoms with Gasteiger partial charge in [0.25, 0.3) is 0 Å². The molecule has 0 spiro atoms. The summed E-state index contributed by atoms with van der Waals surface area (Å²) in [6, 6.07) is 12.2. The first-order valence-corrected chi connectivity index (χ1v) is 8.94. The number of phenols is 1. The van der Waals surface area contributed by atoms with Gasteiger partial charge in [0.15, 0.2) is 11.5 Å². The molecule has 5 N–H and O–H groups in total. The van der Waals surface area contributed by atoms with Gasteiger partial charge in [-0.05, 0) is 29.8 Å². The quantitative estimate of drug-likeness (QED) is 0.440. The average molecular weight is 387 g/mol. The summed E-state index contributed by atoms with van der Waals surface area (Å²) in [6.45, 7) is -0.537. The first-order valence-electron chi connectivity index (χ1n) is 8.94. The third kappa shape index (κ3) is 3.36. The van der Waals surface area contributed by atoms with Crippen LogP contribution in [0.15, 0.2) is 46.9 Å².